The van der Waals surface area contributed by atoms with Crippen molar-refractivity contribution < 1.29 is 33.6 Å². The molecule has 2 fully saturated rings. The minimum atomic E-state index is -2.68. The highest BCUT2D eigenvalue weighted by Gasteiger charge is 2.54. The topological polar surface area (TPSA) is 86.6 Å². The van der Waals surface area contributed by atoms with Gasteiger partial charge in [-0.3, -0.25) is 0 Å². The minimum Gasteiger partial charge on any atom is -0.497 e. The van der Waals surface area contributed by atoms with Gasteiger partial charge in [0.05, 0.1) is 50.3 Å². The molecule has 2 heterocycles. The highest BCUT2D eigenvalue weighted by molar-refractivity contribution is 6.99. The Kier molecular flexibility index (Phi) is 11.1. The molecule has 1 unspecified atom stereocenters. The van der Waals surface area contributed by atoms with Crippen molar-refractivity contribution in [3.8, 4) is 5.75 Å². The summed E-state index contributed by atoms with van der Waals surface area (Å²) in [5, 5.41) is 23.0. The van der Waals surface area contributed by atoms with E-state index in [1.54, 1.807) is 7.11 Å². The minimum absolute atomic E-state index is 0.110. The monoisotopic (exact) mass is 648 g/mol. The average Bonchev–Trinajstić information content (AvgIpc) is 3.05. The van der Waals surface area contributed by atoms with Gasteiger partial charge in [-0.1, -0.05) is 100 Å². The number of rotatable bonds is 12. The Morgan fingerprint density at radius 3 is 2.09 bits per heavy atom. The van der Waals surface area contributed by atoms with Gasteiger partial charge in [0.1, 0.15) is 11.9 Å². The van der Waals surface area contributed by atoms with Gasteiger partial charge in [0, 0.05) is 19.4 Å². The Balaban J connectivity index is 1.37. The Labute approximate surface area is 275 Å². The van der Waals surface area contributed by atoms with E-state index in [4.69, 9.17) is 23.4 Å². The molecule has 3 aromatic carbocycles. The largest absolute Gasteiger partial charge is 0.497 e. The van der Waals surface area contributed by atoms with E-state index in [0.29, 0.717) is 26.1 Å². The fourth-order valence-electron chi connectivity index (χ4n) is 7.28. The molecule has 5 rings (SSSR count). The molecule has 250 valence electrons. The van der Waals surface area contributed by atoms with Crippen LogP contribution in [0.25, 0.3) is 0 Å². The lowest BCUT2D eigenvalue weighted by Gasteiger charge is -2.53. The van der Waals surface area contributed by atoms with Crippen molar-refractivity contribution in [2.45, 2.75) is 102 Å². The second kappa shape index (κ2) is 14.7. The van der Waals surface area contributed by atoms with Crippen molar-refractivity contribution in [2.75, 3.05) is 20.3 Å². The number of aliphatic hydroxyl groups is 2. The van der Waals surface area contributed by atoms with Crippen molar-refractivity contribution >= 4 is 18.7 Å². The fraction of sp³-hybridized carbons (Fsp3) is 0.526. The molecule has 2 aliphatic rings. The molecule has 7 nitrogen and oxygen atoms in total. The molecule has 2 aliphatic heterocycles. The van der Waals surface area contributed by atoms with Crippen molar-refractivity contribution in [2.24, 2.45) is 5.92 Å². The molecular weight excluding hydrogens is 596 g/mol. The first-order valence-corrected chi connectivity index (χ1v) is 18.5. The van der Waals surface area contributed by atoms with E-state index in [2.05, 4.69) is 88.4 Å². The molecular formula is C38H52O7Si. The van der Waals surface area contributed by atoms with Crippen LogP contribution >= 0.6 is 0 Å². The molecule has 0 bridgehead atoms. The van der Waals surface area contributed by atoms with Crippen molar-refractivity contribution in [3.05, 3.63) is 90.5 Å². The Morgan fingerprint density at radius 2 is 1.54 bits per heavy atom. The molecule has 8 heteroatoms. The molecule has 3 aromatic rings. The first-order chi connectivity index (χ1) is 22.0. The van der Waals surface area contributed by atoms with E-state index in [-0.39, 0.29) is 35.9 Å². The molecule has 0 saturated carbocycles. The van der Waals surface area contributed by atoms with Crippen LogP contribution in [0.3, 0.4) is 0 Å². The number of hydrogen-bond donors (Lipinski definition) is 2. The van der Waals surface area contributed by atoms with Crippen molar-refractivity contribution in [1.82, 2.24) is 0 Å². The first-order valence-electron chi connectivity index (χ1n) is 16.6. The molecule has 0 aromatic heterocycles. The fourth-order valence-corrected chi connectivity index (χ4v) is 12.0. The number of hydrogen-bond acceptors (Lipinski definition) is 7. The van der Waals surface area contributed by atoms with Gasteiger partial charge in [0.2, 0.25) is 0 Å². The standard InChI is InChI=1S/C38H52O7Si/c1-27(25-43-46(37(2,3)4,30-13-9-7-10-14-30)31-15-11-8-12-16-31)21-33-34(42-26-28-17-19-29(41-6)20-18-28)23-38(5)36(44-33)22-32(40)35(24-39)45-38/h7-20,27,32-36,39-40H,21-26H2,1-6H3/t27?,32-,33-,34+,35+,36+,38-/m0/s1. The van der Waals surface area contributed by atoms with E-state index in [1.165, 1.54) is 10.4 Å². The van der Waals surface area contributed by atoms with Crippen LogP contribution in [0, 0.1) is 5.92 Å². The van der Waals surface area contributed by atoms with Crippen LogP contribution in [0.5, 0.6) is 5.75 Å². The number of methoxy groups -OCH3 is 1. The van der Waals surface area contributed by atoms with Gasteiger partial charge in [-0.15, -0.1) is 0 Å². The summed E-state index contributed by atoms with van der Waals surface area (Å²) in [5.41, 5.74) is 0.366. The van der Waals surface area contributed by atoms with Crippen LogP contribution in [0.2, 0.25) is 5.04 Å². The van der Waals surface area contributed by atoms with Gasteiger partial charge < -0.3 is 33.6 Å². The van der Waals surface area contributed by atoms with E-state index in [1.807, 2.05) is 31.2 Å². The van der Waals surface area contributed by atoms with Gasteiger partial charge >= 0.3 is 0 Å². The Hall–Kier alpha value is -2.56. The number of ether oxygens (including phenoxy) is 4. The predicted molar refractivity (Wildman–Crippen MR) is 183 cm³/mol. The number of aliphatic hydroxyl groups excluding tert-OH is 2. The van der Waals surface area contributed by atoms with E-state index < -0.39 is 26.1 Å². The van der Waals surface area contributed by atoms with Crippen LogP contribution in [0.15, 0.2) is 84.9 Å². The third-order valence-corrected chi connectivity index (χ3v) is 14.8. The summed E-state index contributed by atoms with van der Waals surface area (Å²) in [7, 11) is -1.02. The van der Waals surface area contributed by atoms with Crippen LogP contribution in [-0.2, 0) is 25.2 Å². The summed E-state index contributed by atoms with van der Waals surface area (Å²) in [6, 6.07) is 29.3. The summed E-state index contributed by atoms with van der Waals surface area (Å²) in [6.07, 6.45) is -0.429. The molecule has 7 atom stereocenters. The van der Waals surface area contributed by atoms with Gasteiger partial charge in [-0.25, -0.2) is 0 Å². The molecule has 0 amide bonds. The predicted octanol–water partition coefficient (Wildman–Crippen LogP) is 5.24. The van der Waals surface area contributed by atoms with Crippen LogP contribution < -0.4 is 15.1 Å². The second-order valence-corrected chi connectivity index (χ2v) is 18.6. The second-order valence-electron chi connectivity index (χ2n) is 14.3. The maximum Gasteiger partial charge on any atom is 0.261 e. The molecule has 0 radical (unpaired) electrons. The van der Waals surface area contributed by atoms with Crippen LogP contribution in [-0.4, -0.2) is 75.0 Å². The lowest BCUT2D eigenvalue weighted by molar-refractivity contribution is -0.297. The summed E-state index contributed by atoms with van der Waals surface area (Å²) >= 11 is 0. The highest BCUT2D eigenvalue weighted by atomic mass is 28.4. The average molecular weight is 649 g/mol. The SMILES string of the molecule is COc1ccc(CO[C@@H]2C[C@]3(C)O[C@H](CO)[C@@H](O)C[C@H]3O[C@H]2CC(C)CO[Si](c2ccccc2)(c2ccccc2)C(C)(C)C)cc1. The quantitative estimate of drug-likeness (QED) is 0.260. The molecule has 46 heavy (non-hydrogen) atoms. The summed E-state index contributed by atoms with van der Waals surface area (Å²) in [4.78, 5) is 0. The summed E-state index contributed by atoms with van der Waals surface area (Å²) in [5.74, 6) is 0.972. The van der Waals surface area contributed by atoms with Gasteiger partial charge in [0.15, 0.2) is 0 Å². The van der Waals surface area contributed by atoms with E-state index in [0.717, 1.165) is 17.7 Å². The summed E-state index contributed by atoms with van der Waals surface area (Å²) < 4.78 is 32.3. The molecule has 0 aliphatic carbocycles. The maximum absolute atomic E-state index is 10.7. The number of benzene rings is 3. The maximum atomic E-state index is 10.7. The number of fused-ring (bicyclic) bond motifs is 1. The third-order valence-electron chi connectivity index (χ3n) is 9.79. The van der Waals surface area contributed by atoms with E-state index in [9.17, 15) is 10.2 Å². The normalized spacial score (nSPS) is 27.5. The zero-order valence-electron chi connectivity index (χ0n) is 28.2. The lowest BCUT2D eigenvalue weighted by atomic mass is 9.79. The summed E-state index contributed by atoms with van der Waals surface area (Å²) in [6.45, 7) is 11.9. The zero-order chi connectivity index (χ0) is 33.0. The Bertz CT molecular complexity index is 1320. The van der Waals surface area contributed by atoms with E-state index >= 15 is 0 Å². The molecule has 2 N–H and O–H groups in total. The van der Waals surface area contributed by atoms with Crippen LogP contribution in [0.1, 0.15) is 59.4 Å². The van der Waals surface area contributed by atoms with Gasteiger partial charge in [0.25, 0.3) is 8.32 Å². The van der Waals surface area contributed by atoms with Crippen molar-refractivity contribution in [1.29, 1.82) is 0 Å². The van der Waals surface area contributed by atoms with Crippen molar-refractivity contribution in [3.63, 3.8) is 0 Å². The van der Waals surface area contributed by atoms with Gasteiger partial charge in [-0.05, 0) is 52.4 Å². The molecule has 2 saturated heterocycles. The third kappa shape index (κ3) is 7.44. The molecule has 0 spiro atoms. The first kappa shape index (κ1) is 34.8. The zero-order valence-corrected chi connectivity index (χ0v) is 29.2. The van der Waals surface area contributed by atoms with Crippen LogP contribution in [0.4, 0.5) is 0 Å². The Morgan fingerprint density at radius 1 is 0.935 bits per heavy atom. The highest BCUT2D eigenvalue weighted by Crippen LogP contribution is 2.43. The lowest BCUT2D eigenvalue weighted by Crippen LogP contribution is -2.67. The smallest absolute Gasteiger partial charge is 0.261 e. The van der Waals surface area contributed by atoms with Gasteiger partial charge in [-0.2, -0.15) is 0 Å².